The highest BCUT2D eigenvalue weighted by atomic mass is 79.9. The number of halogens is 1. The molecular weight excluding hydrogens is 328 g/mol. The molecule has 3 heteroatoms. The van der Waals surface area contributed by atoms with Crippen molar-refractivity contribution < 1.29 is 9.53 Å². The summed E-state index contributed by atoms with van der Waals surface area (Å²) in [6, 6.07) is 0. The zero-order valence-electron chi connectivity index (χ0n) is 13.7. The number of hydrogen-bond acceptors (Lipinski definition) is 2. The maximum atomic E-state index is 10.9. The molecule has 0 aromatic rings. The molecule has 0 saturated carbocycles. The Morgan fingerprint density at radius 3 is 2.05 bits per heavy atom. The van der Waals surface area contributed by atoms with E-state index < -0.39 is 0 Å². The molecule has 0 aromatic carbocycles. The quantitative estimate of drug-likeness (QED) is 0.151. The van der Waals surface area contributed by atoms with Crippen molar-refractivity contribution in [3.63, 3.8) is 0 Å². The van der Waals surface area contributed by atoms with E-state index in [9.17, 15) is 4.79 Å². The van der Waals surface area contributed by atoms with Crippen molar-refractivity contribution in [2.45, 2.75) is 88.8 Å². The summed E-state index contributed by atoms with van der Waals surface area (Å²) in [5.74, 6) is -0.325. The molecule has 0 rings (SSSR count). The van der Waals surface area contributed by atoms with Gasteiger partial charge in [0.1, 0.15) is 0 Å². The van der Waals surface area contributed by atoms with Gasteiger partial charge in [-0.15, -0.1) is 0 Å². The molecule has 0 spiro atoms. The summed E-state index contributed by atoms with van der Waals surface area (Å²) >= 11 is 3.65. The Bertz CT molecular complexity index is 254. The van der Waals surface area contributed by atoms with Gasteiger partial charge in [-0.3, -0.25) is 0 Å². The number of hydrogen-bond donors (Lipinski definition) is 0. The second-order valence-electron chi connectivity index (χ2n) is 5.73. The predicted molar refractivity (Wildman–Crippen MR) is 94.9 cm³/mol. The maximum absolute atomic E-state index is 10.9. The molecule has 0 radical (unpaired) electrons. The van der Waals surface area contributed by atoms with Crippen molar-refractivity contribution in [2.75, 3.05) is 6.61 Å². The van der Waals surface area contributed by atoms with E-state index in [2.05, 4.69) is 29.4 Å². The molecule has 0 saturated heterocycles. The number of alkyl halides is 1. The molecule has 0 aliphatic carbocycles. The standard InChI is InChI=1S/C18H33BrO2/c1-3-5-6-7-8-9-10-11-12-13-14-17(19)15-16-21-18(20)4-2/h4,17H,2-3,5-16H2,1H3. The van der Waals surface area contributed by atoms with Gasteiger partial charge in [0, 0.05) is 10.9 Å². The van der Waals surface area contributed by atoms with Gasteiger partial charge in [0.2, 0.25) is 0 Å². The first-order chi connectivity index (χ1) is 10.2. The molecule has 124 valence electrons. The van der Waals surface area contributed by atoms with Gasteiger partial charge in [0.25, 0.3) is 0 Å². The minimum atomic E-state index is -0.325. The molecule has 2 nitrogen and oxygen atoms in total. The first kappa shape index (κ1) is 20.7. The van der Waals surface area contributed by atoms with E-state index in [1.165, 1.54) is 76.7 Å². The minimum absolute atomic E-state index is 0.325. The number of ether oxygens (including phenoxy) is 1. The molecule has 0 bridgehead atoms. The summed E-state index contributed by atoms with van der Waals surface area (Å²) < 4.78 is 4.97. The van der Waals surface area contributed by atoms with E-state index in [0.29, 0.717) is 11.4 Å². The first-order valence-electron chi connectivity index (χ1n) is 8.64. The van der Waals surface area contributed by atoms with Crippen LogP contribution in [0.25, 0.3) is 0 Å². The van der Waals surface area contributed by atoms with Crippen LogP contribution in [0.5, 0.6) is 0 Å². The Morgan fingerprint density at radius 1 is 1.00 bits per heavy atom. The second-order valence-corrected chi connectivity index (χ2v) is 7.02. The first-order valence-corrected chi connectivity index (χ1v) is 9.55. The Kier molecular flexibility index (Phi) is 15.8. The molecule has 0 heterocycles. The summed E-state index contributed by atoms with van der Waals surface area (Å²) in [5, 5.41) is 0. The fraction of sp³-hybridized carbons (Fsp3) is 0.833. The van der Waals surface area contributed by atoms with Gasteiger partial charge in [0.05, 0.1) is 6.61 Å². The predicted octanol–water partition coefficient (Wildman–Crippen LogP) is 6.18. The number of carbonyl (C=O) groups excluding carboxylic acids is 1. The molecule has 0 N–H and O–H groups in total. The van der Waals surface area contributed by atoms with Crippen molar-refractivity contribution in [3.8, 4) is 0 Å². The lowest BCUT2D eigenvalue weighted by Gasteiger charge is -2.09. The molecule has 1 unspecified atom stereocenters. The number of carbonyl (C=O) groups is 1. The monoisotopic (exact) mass is 360 g/mol. The van der Waals surface area contributed by atoms with Gasteiger partial charge in [-0.1, -0.05) is 93.6 Å². The summed E-state index contributed by atoms with van der Waals surface area (Å²) in [7, 11) is 0. The Labute approximate surface area is 139 Å². The summed E-state index contributed by atoms with van der Waals surface area (Å²) in [5.41, 5.74) is 0. The van der Waals surface area contributed by atoms with Gasteiger partial charge in [-0.05, 0) is 12.8 Å². The molecule has 0 aromatic heterocycles. The van der Waals surface area contributed by atoms with Crippen molar-refractivity contribution >= 4 is 21.9 Å². The highest BCUT2D eigenvalue weighted by Crippen LogP contribution is 2.16. The highest BCUT2D eigenvalue weighted by molar-refractivity contribution is 9.09. The molecule has 21 heavy (non-hydrogen) atoms. The molecule has 0 aliphatic heterocycles. The van der Waals surface area contributed by atoms with E-state index >= 15 is 0 Å². The van der Waals surface area contributed by atoms with E-state index in [1.54, 1.807) is 0 Å². The third-order valence-corrected chi connectivity index (χ3v) is 4.63. The van der Waals surface area contributed by atoms with Gasteiger partial charge >= 0.3 is 5.97 Å². The van der Waals surface area contributed by atoms with Crippen LogP contribution < -0.4 is 0 Å². The molecule has 0 aliphatic rings. The van der Waals surface area contributed by atoms with Crippen LogP contribution in [0.15, 0.2) is 12.7 Å². The van der Waals surface area contributed by atoms with Crippen LogP contribution in [-0.4, -0.2) is 17.4 Å². The topological polar surface area (TPSA) is 26.3 Å². The fourth-order valence-electron chi connectivity index (χ4n) is 2.34. The van der Waals surface area contributed by atoms with E-state index in [1.807, 2.05) is 0 Å². The van der Waals surface area contributed by atoms with Crippen LogP contribution in [0, 0.1) is 0 Å². The van der Waals surface area contributed by atoms with E-state index in [0.717, 1.165) is 6.42 Å². The van der Waals surface area contributed by atoms with Gasteiger partial charge < -0.3 is 4.74 Å². The van der Waals surface area contributed by atoms with E-state index in [-0.39, 0.29) is 5.97 Å². The van der Waals surface area contributed by atoms with Crippen molar-refractivity contribution in [1.29, 1.82) is 0 Å². The van der Waals surface area contributed by atoms with E-state index in [4.69, 9.17) is 4.74 Å². The number of esters is 1. The van der Waals surface area contributed by atoms with Gasteiger partial charge in [0.15, 0.2) is 0 Å². The maximum Gasteiger partial charge on any atom is 0.330 e. The zero-order chi connectivity index (χ0) is 15.8. The average molecular weight is 361 g/mol. The highest BCUT2D eigenvalue weighted by Gasteiger charge is 2.05. The van der Waals surface area contributed by atoms with Crippen LogP contribution in [0.2, 0.25) is 0 Å². The summed E-state index contributed by atoms with van der Waals surface area (Å²) in [6.07, 6.45) is 17.0. The lowest BCUT2D eigenvalue weighted by molar-refractivity contribution is -0.137. The van der Waals surface area contributed by atoms with Gasteiger partial charge in [-0.25, -0.2) is 4.79 Å². The van der Waals surface area contributed by atoms with Crippen LogP contribution in [0.3, 0.4) is 0 Å². The largest absolute Gasteiger partial charge is 0.463 e. The Balaban J connectivity index is 3.19. The molecular formula is C18H33BrO2. The number of rotatable bonds is 15. The normalized spacial score (nSPS) is 12.1. The van der Waals surface area contributed by atoms with Crippen molar-refractivity contribution in [1.82, 2.24) is 0 Å². The average Bonchev–Trinajstić information content (AvgIpc) is 2.49. The van der Waals surface area contributed by atoms with Crippen molar-refractivity contribution in [3.05, 3.63) is 12.7 Å². The molecule has 0 fully saturated rings. The van der Waals surface area contributed by atoms with Gasteiger partial charge in [-0.2, -0.15) is 0 Å². The lowest BCUT2D eigenvalue weighted by atomic mass is 10.0. The van der Waals surface area contributed by atoms with Crippen molar-refractivity contribution in [2.24, 2.45) is 0 Å². The fourth-order valence-corrected chi connectivity index (χ4v) is 2.85. The lowest BCUT2D eigenvalue weighted by Crippen LogP contribution is -2.07. The van der Waals surface area contributed by atoms with Crippen LogP contribution >= 0.6 is 15.9 Å². The molecule has 1 atom stereocenters. The van der Waals surface area contributed by atoms with Crippen LogP contribution in [0.4, 0.5) is 0 Å². The Hall–Kier alpha value is -0.310. The zero-order valence-corrected chi connectivity index (χ0v) is 15.3. The summed E-state index contributed by atoms with van der Waals surface area (Å²) in [6.45, 7) is 6.13. The second kappa shape index (κ2) is 16.1. The number of unbranched alkanes of at least 4 members (excludes halogenated alkanes) is 9. The Morgan fingerprint density at radius 2 is 1.52 bits per heavy atom. The smallest absolute Gasteiger partial charge is 0.330 e. The molecule has 0 amide bonds. The third-order valence-electron chi connectivity index (χ3n) is 3.71. The van der Waals surface area contributed by atoms with Crippen LogP contribution in [0.1, 0.15) is 84.0 Å². The minimum Gasteiger partial charge on any atom is -0.463 e. The SMILES string of the molecule is C=CC(=O)OCCC(Br)CCCCCCCCCCCC. The van der Waals surface area contributed by atoms with Crippen LogP contribution in [-0.2, 0) is 9.53 Å². The third kappa shape index (κ3) is 15.9. The summed E-state index contributed by atoms with van der Waals surface area (Å²) in [4.78, 5) is 11.3.